The maximum Gasteiger partial charge on any atom is 0.387 e. The van der Waals surface area contributed by atoms with Gasteiger partial charge in [0.1, 0.15) is 17.1 Å². The zero-order valence-corrected chi connectivity index (χ0v) is 17.7. The van der Waals surface area contributed by atoms with Gasteiger partial charge in [0.2, 0.25) is 10.0 Å². The third kappa shape index (κ3) is 5.39. The number of methoxy groups -OCH3 is 2. The van der Waals surface area contributed by atoms with Gasteiger partial charge in [-0.3, -0.25) is 0 Å². The molecule has 0 atom stereocenters. The van der Waals surface area contributed by atoms with Crippen molar-refractivity contribution in [2.75, 3.05) is 14.2 Å². The minimum Gasteiger partial charge on any atom is -0.496 e. The molecule has 0 aromatic heterocycles. The van der Waals surface area contributed by atoms with Crippen LogP contribution in [0.3, 0.4) is 0 Å². The van der Waals surface area contributed by atoms with Crippen molar-refractivity contribution >= 4 is 22.1 Å². The highest BCUT2D eigenvalue weighted by atomic mass is 32.2. The van der Waals surface area contributed by atoms with Crippen molar-refractivity contribution < 1.29 is 36.2 Å². The molecular weight excluding hydrogens is 432 g/mol. The van der Waals surface area contributed by atoms with E-state index in [9.17, 15) is 22.0 Å². The van der Waals surface area contributed by atoms with Crippen molar-refractivity contribution in [1.29, 1.82) is 0 Å². The molecule has 0 radical (unpaired) electrons. The molecule has 0 spiro atoms. The second kappa shape index (κ2) is 9.44. The number of nitrogens with one attached hydrogen (secondary N) is 1. The van der Waals surface area contributed by atoms with Gasteiger partial charge in [-0.15, -0.1) is 0 Å². The topological polar surface area (TPSA) is 90.9 Å². The van der Waals surface area contributed by atoms with Crippen LogP contribution in [0, 0.1) is 0 Å². The zero-order valence-electron chi connectivity index (χ0n) is 16.9. The average molecular weight is 453 g/mol. The molecule has 2 aromatic rings. The molecule has 0 amide bonds. The maximum atomic E-state index is 12.8. The Hall–Kier alpha value is -2.98. The number of alkyl halides is 2. The van der Waals surface area contributed by atoms with Gasteiger partial charge in [-0.2, -0.15) is 8.78 Å². The average Bonchev–Trinajstić information content (AvgIpc) is 2.76. The Labute approximate surface area is 178 Å². The summed E-state index contributed by atoms with van der Waals surface area (Å²) in [5, 5.41) is 0. The third-order valence-electron chi connectivity index (χ3n) is 4.78. The summed E-state index contributed by atoms with van der Waals surface area (Å²) >= 11 is 0. The number of aryl methyl sites for hydroxylation is 1. The lowest BCUT2D eigenvalue weighted by Gasteiger charge is -2.18. The first-order chi connectivity index (χ1) is 14.7. The summed E-state index contributed by atoms with van der Waals surface area (Å²) in [5.74, 6) is -0.240. The van der Waals surface area contributed by atoms with E-state index in [0.29, 0.717) is 23.3 Å². The van der Waals surface area contributed by atoms with Crippen molar-refractivity contribution in [3.05, 3.63) is 63.6 Å². The molecule has 3 rings (SSSR count). The van der Waals surface area contributed by atoms with E-state index < -0.39 is 22.6 Å². The fourth-order valence-corrected chi connectivity index (χ4v) is 4.43. The third-order valence-corrected chi connectivity index (χ3v) is 6.31. The van der Waals surface area contributed by atoms with Gasteiger partial charge in [-0.1, -0.05) is 12.1 Å². The van der Waals surface area contributed by atoms with Gasteiger partial charge in [0.15, 0.2) is 0 Å². The van der Waals surface area contributed by atoms with Gasteiger partial charge >= 0.3 is 12.6 Å². The second-order valence-corrected chi connectivity index (χ2v) is 8.52. The summed E-state index contributed by atoms with van der Waals surface area (Å²) in [7, 11) is -1.14. The van der Waals surface area contributed by atoms with Crippen molar-refractivity contribution in [2.24, 2.45) is 0 Å². The number of halogens is 2. The Morgan fingerprint density at radius 1 is 1.13 bits per heavy atom. The lowest BCUT2D eigenvalue weighted by Crippen LogP contribution is -2.26. The van der Waals surface area contributed by atoms with Gasteiger partial charge in [-0.05, 0) is 59.9 Å². The van der Waals surface area contributed by atoms with Gasteiger partial charge in [0, 0.05) is 6.54 Å². The molecule has 2 aromatic carbocycles. The van der Waals surface area contributed by atoms with Crippen molar-refractivity contribution in [1.82, 2.24) is 4.72 Å². The number of carbonyl (C=O) groups excluding carboxylic acids is 1. The molecule has 1 aliphatic carbocycles. The van der Waals surface area contributed by atoms with Crippen LogP contribution in [0.15, 0.2) is 41.3 Å². The monoisotopic (exact) mass is 453 g/mol. The molecule has 0 aliphatic heterocycles. The predicted molar refractivity (Wildman–Crippen MR) is 109 cm³/mol. The smallest absolute Gasteiger partial charge is 0.387 e. The molecule has 0 fully saturated rings. The summed E-state index contributed by atoms with van der Waals surface area (Å²) in [4.78, 5) is 12.1. The van der Waals surface area contributed by atoms with Crippen LogP contribution in [0.4, 0.5) is 8.78 Å². The number of fused-ring (bicyclic) bond motifs is 1. The molecule has 0 bridgehead atoms. The summed E-state index contributed by atoms with van der Waals surface area (Å²) in [6.07, 6.45) is 2.11. The normalized spacial score (nSPS) is 13.4. The standard InChI is InChI=1S/C21H21F2NO6S/c1-28-19-8-3-13(9-18(19)20(25)29-2)12-24-31(26,27)17-7-5-14-10-16(30-21(22)23)6-4-15(14)11-17/h3-4,6,8-11,21,24H,5,7,12H2,1-2H3. The number of benzene rings is 2. The molecule has 1 aliphatic rings. The van der Waals surface area contributed by atoms with Gasteiger partial charge in [0.25, 0.3) is 0 Å². The van der Waals surface area contributed by atoms with Crippen LogP contribution in [0.5, 0.6) is 11.5 Å². The summed E-state index contributed by atoms with van der Waals surface area (Å²) in [6, 6.07) is 9.11. The molecule has 0 saturated carbocycles. The number of rotatable bonds is 8. The predicted octanol–water partition coefficient (Wildman–Crippen LogP) is 3.49. The molecule has 10 heteroatoms. The number of sulfonamides is 1. The Balaban J connectivity index is 1.76. The van der Waals surface area contributed by atoms with E-state index in [1.807, 2.05) is 0 Å². The van der Waals surface area contributed by atoms with Crippen LogP contribution >= 0.6 is 0 Å². The summed E-state index contributed by atoms with van der Waals surface area (Å²) < 4.78 is 67.0. The Morgan fingerprint density at radius 2 is 1.90 bits per heavy atom. The lowest BCUT2D eigenvalue weighted by molar-refractivity contribution is -0.0498. The van der Waals surface area contributed by atoms with Crippen molar-refractivity contribution in [3.8, 4) is 11.5 Å². The number of esters is 1. The molecule has 31 heavy (non-hydrogen) atoms. The first-order valence-corrected chi connectivity index (χ1v) is 10.7. The highest BCUT2D eigenvalue weighted by Gasteiger charge is 2.23. The number of hydrogen-bond donors (Lipinski definition) is 1. The highest BCUT2D eigenvalue weighted by Crippen LogP contribution is 2.30. The van der Waals surface area contributed by atoms with E-state index in [1.165, 1.54) is 38.5 Å². The Kier molecular flexibility index (Phi) is 6.91. The first kappa shape index (κ1) is 22.7. The Morgan fingerprint density at radius 3 is 2.58 bits per heavy atom. The number of carbonyl (C=O) groups is 1. The van der Waals surface area contributed by atoms with E-state index in [0.717, 1.165) is 5.56 Å². The SMILES string of the molecule is COC(=O)c1cc(CNS(=O)(=O)C2=Cc3ccc(OC(F)F)cc3CC2)ccc1OC. The molecule has 0 unspecified atom stereocenters. The lowest BCUT2D eigenvalue weighted by atomic mass is 9.97. The fraction of sp³-hybridized carbons (Fsp3) is 0.286. The number of hydrogen-bond acceptors (Lipinski definition) is 6. The molecular formula is C21H21F2NO6S. The first-order valence-electron chi connectivity index (χ1n) is 9.26. The number of allylic oxidation sites excluding steroid dienone is 1. The molecule has 7 nitrogen and oxygen atoms in total. The van der Waals surface area contributed by atoms with E-state index in [1.54, 1.807) is 18.2 Å². The van der Waals surface area contributed by atoms with Gasteiger partial charge in [-0.25, -0.2) is 17.9 Å². The van der Waals surface area contributed by atoms with Crippen molar-refractivity contribution in [2.45, 2.75) is 26.0 Å². The maximum absolute atomic E-state index is 12.8. The summed E-state index contributed by atoms with van der Waals surface area (Å²) in [6.45, 7) is -2.96. The minimum atomic E-state index is -3.80. The van der Waals surface area contributed by atoms with Gasteiger partial charge < -0.3 is 14.2 Å². The van der Waals surface area contributed by atoms with Crippen LogP contribution < -0.4 is 14.2 Å². The molecule has 1 N–H and O–H groups in total. The second-order valence-electron chi connectivity index (χ2n) is 6.70. The largest absolute Gasteiger partial charge is 0.496 e. The van der Waals surface area contributed by atoms with E-state index >= 15 is 0 Å². The van der Waals surface area contributed by atoms with Crippen LogP contribution in [-0.4, -0.2) is 35.2 Å². The van der Waals surface area contributed by atoms with Crippen LogP contribution in [0.25, 0.3) is 6.08 Å². The van der Waals surface area contributed by atoms with Gasteiger partial charge in [0.05, 0.1) is 19.1 Å². The van der Waals surface area contributed by atoms with Crippen LogP contribution in [0.2, 0.25) is 0 Å². The Bertz CT molecular complexity index is 1110. The van der Waals surface area contributed by atoms with Crippen molar-refractivity contribution in [3.63, 3.8) is 0 Å². The fourth-order valence-electron chi connectivity index (χ4n) is 3.24. The number of ether oxygens (including phenoxy) is 3. The summed E-state index contributed by atoms with van der Waals surface area (Å²) in [5.41, 5.74) is 2.10. The molecule has 0 heterocycles. The quantitative estimate of drug-likeness (QED) is 0.616. The minimum absolute atomic E-state index is 0.0347. The van der Waals surface area contributed by atoms with E-state index in [2.05, 4.69) is 9.46 Å². The van der Waals surface area contributed by atoms with E-state index in [4.69, 9.17) is 9.47 Å². The molecule has 166 valence electrons. The van der Waals surface area contributed by atoms with Crippen LogP contribution in [-0.2, 0) is 27.7 Å². The molecule has 0 saturated heterocycles. The zero-order chi connectivity index (χ0) is 22.6. The van der Waals surface area contributed by atoms with E-state index in [-0.39, 0.29) is 29.2 Å². The van der Waals surface area contributed by atoms with Crippen LogP contribution in [0.1, 0.15) is 33.5 Å². The highest BCUT2D eigenvalue weighted by molar-refractivity contribution is 7.93.